The molecule has 1 N–H and O–H groups in total. The third kappa shape index (κ3) is 6.43. The fourth-order valence-electron chi connectivity index (χ4n) is 3.54. The van der Waals surface area contributed by atoms with E-state index in [1.807, 2.05) is 50.2 Å². The summed E-state index contributed by atoms with van der Waals surface area (Å²) in [7, 11) is 0. The summed E-state index contributed by atoms with van der Waals surface area (Å²) in [5.41, 5.74) is 2.70. The van der Waals surface area contributed by atoms with Crippen molar-refractivity contribution in [3.63, 3.8) is 0 Å². The van der Waals surface area contributed by atoms with Gasteiger partial charge in [-0.3, -0.25) is 4.79 Å². The average molecular weight is 520 g/mol. The van der Waals surface area contributed by atoms with E-state index in [1.54, 1.807) is 0 Å². The third-order valence-corrected chi connectivity index (χ3v) is 6.78. The number of nitrogens with zero attached hydrogens (tertiary/aromatic N) is 2. The van der Waals surface area contributed by atoms with Gasteiger partial charge in [0, 0.05) is 41.9 Å². The number of benzene rings is 2. The highest BCUT2D eigenvalue weighted by molar-refractivity contribution is 9.10. The van der Waals surface area contributed by atoms with E-state index in [9.17, 15) is 4.79 Å². The Morgan fingerprint density at radius 1 is 1.06 bits per heavy atom. The number of nitrogens with one attached hydrogen (secondary N) is 1. The van der Waals surface area contributed by atoms with Gasteiger partial charge in [0.1, 0.15) is 4.99 Å². The lowest BCUT2D eigenvalue weighted by molar-refractivity contribution is -0.118. The zero-order chi connectivity index (χ0) is 23.1. The molecule has 2 aromatic rings. The molecule has 0 atom stereocenters. The molecule has 1 aliphatic heterocycles. The quantitative estimate of drug-likeness (QED) is 0.518. The lowest BCUT2D eigenvalue weighted by atomic mass is 10.1. The lowest BCUT2D eigenvalue weighted by Gasteiger charge is -2.35. The van der Waals surface area contributed by atoms with Gasteiger partial charge >= 0.3 is 0 Å². The Morgan fingerprint density at radius 3 is 2.47 bits per heavy atom. The van der Waals surface area contributed by atoms with Gasteiger partial charge in [-0.05, 0) is 62.4 Å². The summed E-state index contributed by atoms with van der Waals surface area (Å²) in [5, 5.41) is 2.86. The van der Waals surface area contributed by atoms with Crippen molar-refractivity contribution in [3.8, 4) is 11.5 Å². The Balaban J connectivity index is 1.63. The number of amides is 1. The molecule has 32 heavy (non-hydrogen) atoms. The normalized spacial score (nSPS) is 14.2. The molecule has 0 aliphatic carbocycles. The number of hydrogen-bond acceptors (Lipinski definition) is 5. The van der Waals surface area contributed by atoms with Crippen LogP contribution in [0.3, 0.4) is 0 Å². The molecule has 1 amide bonds. The fraction of sp³-hybridized carbons (Fsp3) is 0.417. The van der Waals surface area contributed by atoms with Crippen LogP contribution in [0.15, 0.2) is 40.9 Å². The Labute approximate surface area is 204 Å². The highest BCUT2D eigenvalue weighted by atomic mass is 79.9. The minimum Gasteiger partial charge on any atom is -0.490 e. The van der Waals surface area contributed by atoms with E-state index in [-0.39, 0.29) is 12.5 Å². The van der Waals surface area contributed by atoms with Crippen molar-refractivity contribution < 1.29 is 14.3 Å². The fourth-order valence-corrected chi connectivity index (χ4v) is 4.10. The maximum absolute atomic E-state index is 12.4. The predicted octanol–water partition coefficient (Wildman–Crippen LogP) is 4.49. The van der Waals surface area contributed by atoms with Crippen LogP contribution < -0.4 is 14.8 Å². The van der Waals surface area contributed by atoms with Crippen LogP contribution in [0.4, 0.5) is 5.69 Å². The van der Waals surface area contributed by atoms with E-state index in [4.69, 9.17) is 21.7 Å². The Morgan fingerprint density at radius 2 is 1.81 bits per heavy atom. The topological polar surface area (TPSA) is 54.0 Å². The van der Waals surface area contributed by atoms with Crippen LogP contribution in [0.1, 0.15) is 25.0 Å². The number of piperazine rings is 1. The first-order valence-electron chi connectivity index (χ1n) is 10.9. The van der Waals surface area contributed by atoms with Gasteiger partial charge in [-0.1, -0.05) is 35.1 Å². The first-order chi connectivity index (χ1) is 15.4. The number of likely N-dealkylation sites (N-methyl/N-ethyl adjacent to an activating group) is 1. The lowest BCUT2D eigenvalue weighted by Crippen LogP contribution is -2.48. The number of halogens is 1. The summed E-state index contributed by atoms with van der Waals surface area (Å²) < 4.78 is 12.6. The van der Waals surface area contributed by atoms with Gasteiger partial charge in [-0.15, -0.1) is 0 Å². The van der Waals surface area contributed by atoms with Gasteiger partial charge < -0.3 is 24.6 Å². The van der Waals surface area contributed by atoms with E-state index < -0.39 is 0 Å². The highest BCUT2D eigenvalue weighted by Gasteiger charge is 2.20. The van der Waals surface area contributed by atoms with Crippen LogP contribution in [0, 0.1) is 6.92 Å². The van der Waals surface area contributed by atoms with E-state index in [2.05, 4.69) is 38.0 Å². The Kier molecular flexibility index (Phi) is 8.90. The molecule has 172 valence electrons. The van der Waals surface area contributed by atoms with Crippen molar-refractivity contribution in [2.24, 2.45) is 0 Å². The predicted molar refractivity (Wildman–Crippen MR) is 136 cm³/mol. The molecule has 0 saturated carbocycles. The number of anilines is 1. The zero-order valence-electron chi connectivity index (χ0n) is 18.8. The van der Waals surface area contributed by atoms with E-state index >= 15 is 0 Å². The van der Waals surface area contributed by atoms with Crippen LogP contribution >= 0.6 is 28.1 Å². The van der Waals surface area contributed by atoms with Crippen molar-refractivity contribution >= 4 is 44.7 Å². The molecule has 0 spiro atoms. The van der Waals surface area contributed by atoms with Crippen molar-refractivity contribution in [2.75, 3.05) is 51.3 Å². The average Bonchev–Trinajstić information content (AvgIpc) is 2.80. The largest absolute Gasteiger partial charge is 0.490 e. The van der Waals surface area contributed by atoms with Crippen LogP contribution in [-0.4, -0.2) is 66.6 Å². The van der Waals surface area contributed by atoms with Crippen LogP contribution in [0.2, 0.25) is 0 Å². The van der Waals surface area contributed by atoms with E-state index in [0.29, 0.717) is 18.1 Å². The third-order valence-electron chi connectivity index (χ3n) is 5.40. The summed E-state index contributed by atoms with van der Waals surface area (Å²) in [5.74, 6) is 0.880. The molecule has 1 heterocycles. The minimum absolute atomic E-state index is 0.113. The van der Waals surface area contributed by atoms with Crippen molar-refractivity contribution in [3.05, 3.63) is 52.0 Å². The molecule has 8 heteroatoms. The van der Waals surface area contributed by atoms with Gasteiger partial charge in [-0.2, -0.15) is 0 Å². The number of carbonyl (C=O) groups excluding carboxylic acids is 1. The van der Waals surface area contributed by atoms with E-state index in [1.165, 1.54) is 0 Å². The first-order valence-corrected chi connectivity index (χ1v) is 12.1. The molecule has 2 aromatic carbocycles. The smallest absolute Gasteiger partial charge is 0.262 e. The van der Waals surface area contributed by atoms with Crippen LogP contribution in [-0.2, 0) is 4.79 Å². The number of thiocarbonyl (C=S) groups is 1. The molecule has 0 unspecified atom stereocenters. The summed E-state index contributed by atoms with van der Waals surface area (Å²) >= 11 is 9.21. The first kappa shape index (κ1) is 24.5. The van der Waals surface area contributed by atoms with Gasteiger partial charge in [0.05, 0.1) is 6.61 Å². The van der Waals surface area contributed by atoms with Gasteiger partial charge in [-0.25, -0.2) is 0 Å². The Hall–Kier alpha value is -2.16. The minimum atomic E-state index is -0.234. The van der Waals surface area contributed by atoms with Crippen molar-refractivity contribution in [1.82, 2.24) is 9.80 Å². The van der Waals surface area contributed by atoms with Crippen molar-refractivity contribution in [1.29, 1.82) is 0 Å². The Bertz CT molecular complexity index is 962. The zero-order valence-corrected chi connectivity index (χ0v) is 21.2. The molecule has 3 rings (SSSR count). The van der Waals surface area contributed by atoms with Gasteiger partial charge in [0.15, 0.2) is 18.1 Å². The van der Waals surface area contributed by atoms with Crippen molar-refractivity contribution in [2.45, 2.75) is 20.8 Å². The number of ether oxygens (including phenoxy) is 2. The summed E-state index contributed by atoms with van der Waals surface area (Å²) in [6, 6.07) is 11.3. The van der Waals surface area contributed by atoms with Crippen LogP contribution in [0.25, 0.3) is 0 Å². The standard InChI is InChI=1S/C24H30BrN3O3S/c1-4-27-10-12-28(13-11-27)24(32)18-6-9-21(22(15-18)30-5-2)31-16-23(29)26-19-7-8-20(25)17(3)14-19/h6-9,14-15H,4-5,10-13,16H2,1-3H3,(H,26,29). The van der Waals surface area contributed by atoms with Gasteiger partial charge in [0.2, 0.25) is 0 Å². The van der Waals surface area contributed by atoms with E-state index in [0.717, 1.165) is 59.0 Å². The molecule has 0 aromatic heterocycles. The number of hydrogen-bond donors (Lipinski definition) is 1. The second-order valence-corrected chi connectivity index (χ2v) is 8.86. The molecule has 1 saturated heterocycles. The monoisotopic (exact) mass is 519 g/mol. The molecule has 0 radical (unpaired) electrons. The number of rotatable bonds is 8. The maximum atomic E-state index is 12.4. The van der Waals surface area contributed by atoms with Crippen LogP contribution in [0.5, 0.6) is 11.5 Å². The number of carbonyl (C=O) groups is 1. The molecular formula is C24H30BrN3O3S. The summed E-state index contributed by atoms with van der Waals surface area (Å²) in [6.07, 6.45) is 0. The molecule has 1 fully saturated rings. The molecular weight excluding hydrogens is 490 g/mol. The van der Waals surface area contributed by atoms with Gasteiger partial charge in [0.25, 0.3) is 5.91 Å². The molecule has 6 nitrogen and oxygen atoms in total. The second kappa shape index (κ2) is 11.6. The second-order valence-electron chi connectivity index (χ2n) is 7.62. The summed E-state index contributed by atoms with van der Waals surface area (Å²) in [4.78, 5) is 17.8. The SMILES string of the molecule is CCOc1cc(C(=S)N2CCN(CC)CC2)ccc1OCC(=O)Nc1ccc(Br)c(C)c1. The summed E-state index contributed by atoms with van der Waals surface area (Å²) in [6.45, 7) is 11.4. The highest BCUT2D eigenvalue weighted by Crippen LogP contribution is 2.29. The molecule has 1 aliphatic rings. The maximum Gasteiger partial charge on any atom is 0.262 e. The molecule has 0 bridgehead atoms. The number of aryl methyl sites for hydroxylation is 1.